The van der Waals surface area contributed by atoms with Crippen molar-refractivity contribution in [3.63, 3.8) is 0 Å². The summed E-state index contributed by atoms with van der Waals surface area (Å²) in [7, 11) is -3.98. The first-order valence-corrected chi connectivity index (χ1v) is 11.6. The van der Waals surface area contributed by atoms with Gasteiger partial charge in [0, 0.05) is 5.69 Å². The van der Waals surface area contributed by atoms with Crippen LogP contribution in [-0.2, 0) is 10.0 Å². The number of hydrogen-bond donors (Lipinski definition) is 1. The summed E-state index contributed by atoms with van der Waals surface area (Å²) in [5.74, 6) is -0.577. The highest BCUT2D eigenvalue weighted by molar-refractivity contribution is 7.92. The van der Waals surface area contributed by atoms with Gasteiger partial charge < -0.3 is 10.1 Å². The number of fused-ring (bicyclic) bond motifs is 1. The molecule has 1 aliphatic rings. The summed E-state index contributed by atoms with van der Waals surface area (Å²) in [6.07, 6.45) is -0.399. The summed E-state index contributed by atoms with van der Waals surface area (Å²) in [6, 6.07) is 14.6. The van der Waals surface area contributed by atoms with E-state index in [0.29, 0.717) is 27.6 Å². The van der Waals surface area contributed by atoms with Crippen molar-refractivity contribution < 1.29 is 22.3 Å². The average Bonchev–Trinajstić information content (AvgIpc) is 2.73. The number of rotatable bonds is 4. The maximum Gasteiger partial charge on any atom is 0.264 e. The van der Waals surface area contributed by atoms with Crippen LogP contribution in [0.15, 0.2) is 65.6 Å². The Labute approximate surface area is 190 Å². The van der Waals surface area contributed by atoms with E-state index in [2.05, 4.69) is 5.32 Å². The third kappa shape index (κ3) is 4.16. The maximum absolute atomic E-state index is 13.3. The predicted molar refractivity (Wildman–Crippen MR) is 122 cm³/mol. The number of nitrogens with one attached hydrogen (secondary N) is 1. The molecule has 0 aromatic heterocycles. The molecule has 0 unspecified atom stereocenters. The van der Waals surface area contributed by atoms with Crippen LogP contribution >= 0.6 is 11.6 Å². The first-order chi connectivity index (χ1) is 15.2. The number of sulfonamides is 1. The average molecular weight is 475 g/mol. The number of nitrogens with zero attached hydrogens (tertiary/aromatic N) is 1. The fourth-order valence-corrected chi connectivity index (χ4v) is 5.40. The molecule has 9 heteroatoms. The van der Waals surface area contributed by atoms with Gasteiger partial charge in [-0.3, -0.25) is 9.10 Å². The Hall–Kier alpha value is -3.10. The van der Waals surface area contributed by atoms with Gasteiger partial charge >= 0.3 is 0 Å². The minimum absolute atomic E-state index is 0.0416. The first kappa shape index (κ1) is 22.1. The number of hydrogen-bond acceptors (Lipinski definition) is 4. The van der Waals surface area contributed by atoms with Crippen molar-refractivity contribution in [2.45, 2.75) is 24.8 Å². The summed E-state index contributed by atoms with van der Waals surface area (Å²) >= 11 is 6.19. The zero-order chi connectivity index (χ0) is 23.0. The van der Waals surface area contributed by atoms with Crippen LogP contribution in [0.4, 0.5) is 15.8 Å². The quantitative estimate of drug-likeness (QED) is 0.576. The van der Waals surface area contributed by atoms with Crippen molar-refractivity contribution in [1.29, 1.82) is 0 Å². The highest BCUT2D eigenvalue weighted by Crippen LogP contribution is 2.39. The Bertz CT molecular complexity index is 1280. The largest absolute Gasteiger partial charge is 0.487 e. The lowest BCUT2D eigenvalue weighted by Gasteiger charge is -2.34. The van der Waals surface area contributed by atoms with E-state index in [0.717, 1.165) is 12.1 Å². The second-order valence-electron chi connectivity index (χ2n) is 7.49. The molecule has 32 heavy (non-hydrogen) atoms. The lowest BCUT2D eigenvalue weighted by molar-refractivity contribution is 0.102. The topological polar surface area (TPSA) is 75.7 Å². The van der Waals surface area contributed by atoms with Crippen molar-refractivity contribution in [2.75, 3.05) is 16.2 Å². The SMILES string of the molecule is Cc1cccc(Cl)c1C(=O)Nc1ccc2c(c1)N(S(=O)(=O)c1ccc(F)cc1)C[C@H](C)O2. The zero-order valence-electron chi connectivity index (χ0n) is 17.3. The van der Waals surface area contributed by atoms with Crippen molar-refractivity contribution in [3.8, 4) is 5.75 Å². The van der Waals surface area contributed by atoms with Gasteiger partial charge in [-0.2, -0.15) is 0 Å². The summed E-state index contributed by atoms with van der Waals surface area (Å²) in [5, 5.41) is 3.09. The Balaban J connectivity index is 1.71. The van der Waals surface area contributed by atoms with Crippen LogP contribution in [0.2, 0.25) is 5.02 Å². The minimum Gasteiger partial charge on any atom is -0.487 e. The van der Waals surface area contributed by atoms with Gasteiger partial charge in [0.25, 0.3) is 15.9 Å². The molecule has 3 aromatic rings. The second-order valence-corrected chi connectivity index (χ2v) is 9.76. The van der Waals surface area contributed by atoms with Crippen LogP contribution in [0.25, 0.3) is 0 Å². The zero-order valence-corrected chi connectivity index (χ0v) is 18.9. The monoisotopic (exact) mass is 474 g/mol. The summed E-state index contributed by atoms with van der Waals surface area (Å²) in [6.45, 7) is 3.60. The van der Waals surface area contributed by atoms with Crippen molar-refractivity contribution in [2.24, 2.45) is 0 Å². The van der Waals surface area contributed by atoms with Crippen LogP contribution in [0.1, 0.15) is 22.8 Å². The van der Waals surface area contributed by atoms with E-state index in [-0.39, 0.29) is 17.1 Å². The van der Waals surface area contributed by atoms with Crippen LogP contribution in [-0.4, -0.2) is 27.0 Å². The molecule has 6 nitrogen and oxygen atoms in total. The molecule has 1 atom stereocenters. The molecule has 4 rings (SSSR count). The van der Waals surface area contributed by atoms with Crippen LogP contribution < -0.4 is 14.4 Å². The molecule has 1 N–H and O–H groups in total. The molecule has 166 valence electrons. The number of carbonyl (C=O) groups excluding carboxylic acids is 1. The Kier molecular flexibility index (Phi) is 5.83. The third-order valence-corrected chi connectivity index (χ3v) is 7.20. The maximum atomic E-state index is 13.3. The van der Waals surface area contributed by atoms with E-state index in [9.17, 15) is 17.6 Å². The molecule has 0 aliphatic carbocycles. The number of amides is 1. The number of benzene rings is 3. The molecule has 3 aromatic carbocycles. The molecule has 0 spiro atoms. The van der Waals surface area contributed by atoms with Crippen LogP contribution in [0.3, 0.4) is 0 Å². The van der Waals surface area contributed by atoms with Gasteiger partial charge in [0.1, 0.15) is 17.7 Å². The molecular weight excluding hydrogens is 455 g/mol. The van der Waals surface area contributed by atoms with Gasteiger partial charge in [0.15, 0.2) is 0 Å². The molecule has 1 amide bonds. The van der Waals surface area contributed by atoms with E-state index >= 15 is 0 Å². The normalized spacial score (nSPS) is 15.6. The van der Waals surface area contributed by atoms with E-state index < -0.39 is 27.9 Å². The number of aryl methyl sites for hydroxylation is 1. The molecule has 0 bridgehead atoms. The summed E-state index contributed by atoms with van der Waals surface area (Å²) in [4.78, 5) is 12.8. The molecular formula is C23H20ClFN2O4S. The summed E-state index contributed by atoms with van der Waals surface area (Å²) in [5.41, 5.74) is 1.71. The van der Waals surface area contributed by atoms with E-state index in [1.807, 2.05) is 0 Å². The Morgan fingerprint density at radius 1 is 1.16 bits per heavy atom. The van der Waals surface area contributed by atoms with Gasteiger partial charge in [-0.15, -0.1) is 0 Å². The van der Waals surface area contributed by atoms with E-state index in [1.165, 1.54) is 22.5 Å². The highest BCUT2D eigenvalue weighted by atomic mass is 35.5. The van der Waals surface area contributed by atoms with Gasteiger partial charge in [-0.1, -0.05) is 23.7 Å². The molecule has 0 radical (unpaired) electrons. The van der Waals surface area contributed by atoms with Crippen molar-refractivity contribution in [3.05, 3.63) is 82.6 Å². The fourth-order valence-electron chi connectivity index (χ4n) is 3.55. The molecule has 1 heterocycles. The predicted octanol–water partition coefficient (Wildman–Crippen LogP) is 5.02. The third-order valence-electron chi connectivity index (χ3n) is 5.09. The van der Waals surface area contributed by atoms with Crippen molar-refractivity contribution >= 4 is 38.9 Å². The van der Waals surface area contributed by atoms with Crippen LogP contribution in [0, 0.1) is 12.7 Å². The summed E-state index contributed by atoms with van der Waals surface area (Å²) < 4.78 is 46.9. The molecule has 0 saturated carbocycles. The lowest BCUT2D eigenvalue weighted by atomic mass is 10.1. The smallest absolute Gasteiger partial charge is 0.264 e. The van der Waals surface area contributed by atoms with Gasteiger partial charge in [0.05, 0.1) is 27.7 Å². The Morgan fingerprint density at radius 3 is 2.56 bits per heavy atom. The second kappa shape index (κ2) is 8.44. The number of carbonyl (C=O) groups is 1. The number of ether oxygens (including phenoxy) is 1. The molecule has 0 saturated heterocycles. The first-order valence-electron chi connectivity index (χ1n) is 9.82. The van der Waals surface area contributed by atoms with Gasteiger partial charge in [-0.05, 0) is 67.9 Å². The van der Waals surface area contributed by atoms with Crippen LogP contribution in [0.5, 0.6) is 5.75 Å². The Morgan fingerprint density at radius 2 is 1.88 bits per heavy atom. The van der Waals surface area contributed by atoms with E-state index in [1.54, 1.807) is 44.2 Å². The fraction of sp³-hybridized carbons (Fsp3) is 0.174. The van der Waals surface area contributed by atoms with E-state index in [4.69, 9.17) is 16.3 Å². The molecule has 1 aliphatic heterocycles. The highest BCUT2D eigenvalue weighted by Gasteiger charge is 2.33. The minimum atomic E-state index is -3.98. The number of anilines is 2. The van der Waals surface area contributed by atoms with Gasteiger partial charge in [0.2, 0.25) is 0 Å². The van der Waals surface area contributed by atoms with Crippen molar-refractivity contribution in [1.82, 2.24) is 0 Å². The lowest BCUT2D eigenvalue weighted by Crippen LogP contribution is -2.42. The number of halogens is 2. The van der Waals surface area contributed by atoms with Gasteiger partial charge in [-0.25, -0.2) is 12.8 Å². The molecule has 0 fully saturated rings. The standard InChI is InChI=1S/C23H20ClFN2O4S/c1-14-4-3-5-19(24)22(14)23(28)26-17-8-11-21-20(12-17)27(13-15(2)31-21)32(29,30)18-9-6-16(25)7-10-18/h3-12,15H,13H2,1-2H3,(H,26,28)/t15-/m0/s1.